The molecule has 2 rings (SSSR count). The average molecular weight is 279 g/mol. The second kappa shape index (κ2) is 5.61. The second-order valence-electron chi connectivity index (χ2n) is 3.93. The fourth-order valence-corrected chi connectivity index (χ4v) is 1.83. The molecule has 0 saturated heterocycles. The predicted molar refractivity (Wildman–Crippen MR) is 66.9 cm³/mol. The Morgan fingerprint density at radius 1 is 1.22 bits per heavy atom. The molecular weight excluding hydrogens is 265 g/mol. The zero-order valence-corrected chi connectivity index (χ0v) is 10.7. The molecule has 100 valence electrons. The fourth-order valence-electron chi connectivity index (χ4n) is 1.83. The van der Waals surface area contributed by atoms with Gasteiger partial charge in [-0.25, -0.2) is 4.98 Å². The first-order valence-electron chi connectivity index (χ1n) is 5.56. The van der Waals surface area contributed by atoms with Gasteiger partial charge in [0.05, 0.1) is 11.0 Å². The number of alkyl halides is 3. The van der Waals surface area contributed by atoms with Crippen molar-refractivity contribution in [3.8, 4) is 0 Å². The molecule has 0 amide bonds. The van der Waals surface area contributed by atoms with E-state index in [1.807, 2.05) is 6.92 Å². The molecule has 2 aromatic rings. The van der Waals surface area contributed by atoms with Crippen molar-refractivity contribution in [2.24, 2.45) is 0 Å². The lowest BCUT2D eigenvalue weighted by Crippen LogP contribution is -2.15. The van der Waals surface area contributed by atoms with Crippen LogP contribution in [0, 0.1) is 0 Å². The molecule has 0 spiro atoms. The van der Waals surface area contributed by atoms with Gasteiger partial charge in [0.15, 0.2) is 0 Å². The van der Waals surface area contributed by atoms with E-state index in [1.165, 1.54) is 4.57 Å². The van der Waals surface area contributed by atoms with Gasteiger partial charge in [0.25, 0.3) is 0 Å². The van der Waals surface area contributed by atoms with E-state index in [1.54, 1.807) is 24.3 Å². The second-order valence-corrected chi connectivity index (χ2v) is 3.93. The van der Waals surface area contributed by atoms with Crippen LogP contribution in [0.2, 0.25) is 0 Å². The normalized spacial score (nSPS) is 11.6. The zero-order valence-electron chi connectivity index (χ0n) is 9.87. The van der Waals surface area contributed by atoms with Crippen LogP contribution in [0.4, 0.5) is 13.2 Å². The SMILES string of the molecule is CCCCn1c(C(F)(F)F)nc2ccccc21.Cl. The van der Waals surface area contributed by atoms with Crippen LogP contribution in [0.25, 0.3) is 11.0 Å². The number of aryl methyl sites for hydroxylation is 1. The Hall–Kier alpha value is -1.23. The first-order valence-corrected chi connectivity index (χ1v) is 5.56. The first-order chi connectivity index (χ1) is 8.04. The van der Waals surface area contributed by atoms with Gasteiger partial charge in [0, 0.05) is 6.54 Å². The van der Waals surface area contributed by atoms with Crippen LogP contribution in [0.1, 0.15) is 25.6 Å². The van der Waals surface area contributed by atoms with Crippen molar-refractivity contribution in [3.63, 3.8) is 0 Å². The number of hydrogen-bond donors (Lipinski definition) is 0. The van der Waals surface area contributed by atoms with E-state index >= 15 is 0 Å². The number of unbranched alkanes of at least 4 members (excludes halogenated alkanes) is 1. The topological polar surface area (TPSA) is 17.8 Å². The average Bonchev–Trinajstić information content (AvgIpc) is 2.65. The number of halogens is 4. The maximum atomic E-state index is 12.8. The first kappa shape index (κ1) is 14.8. The van der Waals surface area contributed by atoms with Crippen molar-refractivity contribution < 1.29 is 13.2 Å². The molecule has 1 aromatic carbocycles. The molecule has 2 nitrogen and oxygen atoms in total. The highest BCUT2D eigenvalue weighted by Crippen LogP contribution is 2.31. The lowest BCUT2D eigenvalue weighted by Gasteiger charge is -2.10. The number of nitrogens with zero attached hydrogens (tertiary/aromatic N) is 2. The van der Waals surface area contributed by atoms with Crippen LogP contribution in [0.5, 0.6) is 0 Å². The predicted octanol–water partition coefficient (Wildman–Crippen LogP) is 4.28. The van der Waals surface area contributed by atoms with E-state index in [2.05, 4.69) is 4.98 Å². The summed E-state index contributed by atoms with van der Waals surface area (Å²) in [7, 11) is 0. The van der Waals surface area contributed by atoms with Gasteiger partial charge in [-0.1, -0.05) is 25.5 Å². The monoisotopic (exact) mass is 278 g/mol. The summed E-state index contributed by atoms with van der Waals surface area (Å²) in [6.45, 7) is 2.30. The number of aromatic nitrogens is 2. The number of benzene rings is 1. The Balaban J connectivity index is 0.00000162. The molecular formula is C12H14ClF3N2. The van der Waals surface area contributed by atoms with Gasteiger partial charge in [-0.05, 0) is 18.6 Å². The van der Waals surface area contributed by atoms with E-state index in [4.69, 9.17) is 0 Å². The molecule has 0 aliphatic heterocycles. The number of hydrogen-bond acceptors (Lipinski definition) is 1. The van der Waals surface area contributed by atoms with Crippen LogP contribution >= 0.6 is 12.4 Å². The molecule has 0 unspecified atom stereocenters. The highest BCUT2D eigenvalue weighted by atomic mass is 35.5. The van der Waals surface area contributed by atoms with Crippen molar-refractivity contribution >= 4 is 23.4 Å². The quantitative estimate of drug-likeness (QED) is 0.819. The molecule has 0 aliphatic carbocycles. The van der Waals surface area contributed by atoms with E-state index < -0.39 is 12.0 Å². The van der Waals surface area contributed by atoms with Crippen molar-refractivity contribution in [2.45, 2.75) is 32.5 Å². The van der Waals surface area contributed by atoms with Crippen LogP contribution in [-0.4, -0.2) is 9.55 Å². The molecule has 6 heteroatoms. The van der Waals surface area contributed by atoms with Gasteiger partial charge in [-0.15, -0.1) is 12.4 Å². The summed E-state index contributed by atoms with van der Waals surface area (Å²) in [6, 6.07) is 6.70. The van der Waals surface area contributed by atoms with Crippen LogP contribution < -0.4 is 0 Å². The van der Waals surface area contributed by atoms with E-state index in [9.17, 15) is 13.2 Å². The molecule has 1 heterocycles. The zero-order chi connectivity index (χ0) is 12.5. The van der Waals surface area contributed by atoms with Crippen LogP contribution in [0.3, 0.4) is 0 Å². The summed E-state index contributed by atoms with van der Waals surface area (Å²) in [5, 5.41) is 0. The minimum absolute atomic E-state index is 0. The molecule has 0 saturated carbocycles. The summed E-state index contributed by atoms with van der Waals surface area (Å²) in [5.74, 6) is -0.799. The molecule has 0 bridgehead atoms. The van der Waals surface area contributed by atoms with Gasteiger partial charge in [-0.2, -0.15) is 13.2 Å². The number of fused-ring (bicyclic) bond motifs is 1. The molecule has 0 fully saturated rings. The van der Waals surface area contributed by atoms with Gasteiger partial charge in [0.1, 0.15) is 0 Å². The highest BCUT2D eigenvalue weighted by molar-refractivity contribution is 5.85. The maximum Gasteiger partial charge on any atom is 0.449 e. The van der Waals surface area contributed by atoms with E-state index in [0.29, 0.717) is 24.0 Å². The minimum Gasteiger partial charge on any atom is -0.320 e. The lowest BCUT2D eigenvalue weighted by molar-refractivity contribution is -0.146. The minimum atomic E-state index is -4.40. The standard InChI is InChI=1S/C12H13F3N2.ClH/c1-2-3-8-17-10-7-5-4-6-9(10)16-11(17)12(13,14)15;/h4-7H,2-3,8H2,1H3;1H. The van der Waals surface area contributed by atoms with Crippen LogP contribution in [-0.2, 0) is 12.7 Å². The van der Waals surface area contributed by atoms with Gasteiger partial charge in [0.2, 0.25) is 5.82 Å². The summed E-state index contributed by atoms with van der Waals surface area (Å²) < 4.78 is 39.8. The summed E-state index contributed by atoms with van der Waals surface area (Å²) in [4.78, 5) is 3.67. The fraction of sp³-hybridized carbons (Fsp3) is 0.417. The van der Waals surface area contributed by atoms with Crippen molar-refractivity contribution in [1.82, 2.24) is 9.55 Å². The van der Waals surface area contributed by atoms with Crippen molar-refractivity contribution in [3.05, 3.63) is 30.1 Å². The Morgan fingerprint density at radius 2 is 1.89 bits per heavy atom. The maximum absolute atomic E-state index is 12.8. The molecule has 0 N–H and O–H groups in total. The van der Waals surface area contributed by atoms with Gasteiger partial charge in [-0.3, -0.25) is 0 Å². The van der Waals surface area contributed by atoms with Gasteiger partial charge >= 0.3 is 6.18 Å². The number of para-hydroxylation sites is 2. The molecule has 0 radical (unpaired) electrons. The van der Waals surface area contributed by atoms with E-state index in [-0.39, 0.29) is 12.4 Å². The smallest absolute Gasteiger partial charge is 0.320 e. The van der Waals surface area contributed by atoms with Crippen molar-refractivity contribution in [2.75, 3.05) is 0 Å². The molecule has 1 aromatic heterocycles. The Kier molecular flexibility index (Phi) is 4.62. The highest BCUT2D eigenvalue weighted by Gasteiger charge is 2.37. The Morgan fingerprint density at radius 3 is 2.50 bits per heavy atom. The summed E-state index contributed by atoms with van der Waals surface area (Å²) >= 11 is 0. The third kappa shape index (κ3) is 2.77. The third-order valence-corrected chi connectivity index (χ3v) is 2.64. The lowest BCUT2D eigenvalue weighted by atomic mass is 10.3. The number of rotatable bonds is 3. The Bertz CT molecular complexity index is 520. The number of imidazole rings is 1. The molecule has 0 atom stereocenters. The Labute approximate surface area is 109 Å². The van der Waals surface area contributed by atoms with Crippen LogP contribution in [0.15, 0.2) is 24.3 Å². The third-order valence-electron chi connectivity index (χ3n) is 2.64. The molecule has 18 heavy (non-hydrogen) atoms. The van der Waals surface area contributed by atoms with E-state index in [0.717, 1.165) is 6.42 Å². The van der Waals surface area contributed by atoms with Crippen molar-refractivity contribution in [1.29, 1.82) is 0 Å². The summed E-state index contributed by atoms with van der Waals surface area (Å²) in [5.41, 5.74) is 0.948. The van der Waals surface area contributed by atoms with Gasteiger partial charge < -0.3 is 4.57 Å². The largest absolute Gasteiger partial charge is 0.449 e. The molecule has 0 aliphatic rings. The summed E-state index contributed by atoms with van der Waals surface area (Å²) in [6.07, 6.45) is -2.83.